The molecule has 0 saturated carbocycles. The molecule has 6 rings (SSSR count). The summed E-state index contributed by atoms with van der Waals surface area (Å²) in [6.45, 7) is 6.94. The predicted octanol–water partition coefficient (Wildman–Crippen LogP) is 4.70. The first-order valence-corrected chi connectivity index (χ1v) is 12.9. The number of ether oxygens (including phenoxy) is 1. The maximum Gasteiger partial charge on any atom is 0.410 e. The van der Waals surface area contributed by atoms with Gasteiger partial charge in [0.25, 0.3) is 5.78 Å². The molecule has 5 heterocycles. The minimum absolute atomic E-state index is 0.213. The Morgan fingerprint density at radius 1 is 1.05 bits per heavy atom. The molecule has 1 aromatic carbocycles. The molecule has 4 aromatic heterocycles. The average Bonchev–Trinajstić information content (AvgIpc) is 3.55. The fourth-order valence-corrected chi connectivity index (χ4v) is 4.83. The predicted molar refractivity (Wildman–Crippen MR) is 143 cm³/mol. The van der Waals surface area contributed by atoms with Crippen molar-refractivity contribution in [2.45, 2.75) is 51.7 Å². The molecule has 1 amide bonds. The van der Waals surface area contributed by atoms with E-state index in [4.69, 9.17) is 9.84 Å². The van der Waals surface area contributed by atoms with Crippen LogP contribution in [0.2, 0.25) is 0 Å². The summed E-state index contributed by atoms with van der Waals surface area (Å²) in [6, 6.07) is 10.5. The van der Waals surface area contributed by atoms with Crippen molar-refractivity contribution in [1.29, 1.82) is 0 Å². The number of fused-ring (bicyclic) bond motifs is 2. The number of carbonyl (C=O) groups is 1. The lowest BCUT2D eigenvalue weighted by molar-refractivity contribution is 0.0185. The van der Waals surface area contributed by atoms with Gasteiger partial charge in [-0.2, -0.15) is 10.2 Å². The van der Waals surface area contributed by atoms with E-state index < -0.39 is 5.60 Å². The number of pyridine rings is 1. The summed E-state index contributed by atoms with van der Waals surface area (Å²) in [7, 11) is 0. The molecule has 0 bridgehead atoms. The highest BCUT2D eigenvalue weighted by atomic mass is 16.6. The van der Waals surface area contributed by atoms with Gasteiger partial charge in [0.2, 0.25) is 0 Å². The summed E-state index contributed by atoms with van der Waals surface area (Å²) in [5.41, 5.74) is 4.23. The number of hydrogen-bond donors (Lipinski definition) is 0. The fourth-order valence-electron chi connectivity index (χ4n) is 4.83. The highest BCUT2D eigenvalue weighted by molar-refractivity contribution is 5.79. The normalized spacial score (nSPS) is 14.9. The molecular formula is C28H30N8O2. The van der Waals surface area contributed by atoms with Crippen molar-refractivity contribution in [3.8, 4) is 11.3 Å². The van der Waals surface area contributed by atoms with E-state index in [-0.39, 0.29) is 12.1 Å². The highest BCUT2D eigenvalue weighted by Gasteiger charge is 2.28. The lowest BCUT2D eigenvalue weighted by Gasteiger charge is -2.33. The monoisotopic (exact) mass is 510 g/mol. The zero-order valence-corrected chi connectivity index (χ0v) is 21.8. The topological polar surface area (TPSA) is 103 Å². The van der Waals surface area contributed by atoms with Crippen LogP contribution in [-0.2, 0) is 11.2 Å². The van der Waals surface area contributed by atoms with E-state index in [1.807, 2.05) is 56.2 Å². The van der Waals surface area contributed by atoms with E-state index in [0.29, 0.717) is 25.3 Å². The molecule has 0 atom stereocenters. The maximum atomic E-state index is 12.4. The molecule has 0 aliphatic carbocycles. The zero-order valence-electron chi connectivity index (χ0n) is 21.8. The Kier molecular flexibility index (Phi) is 6.01. The van der Waals surface area contributed by atoms with Crippen LogP contribution >= 0.6 is 0 Å². The van der Waals surface area contributed by atoms with Crippen molar-refractivity contribution in [3.63, 3.8) is 0 Å². The van der Waals surface area contributed by atoms with E-state index in [9.17, 15) is 4.79 Å². The number of aromatic nitrogens is 7. The second-order valence-corrected chi connectivity index (χ2v) is 10.7. The Balaban J connectivity index is 1.17. The van der Waals surface area contributed by atoms with Gasteiger partial charge in [0.05, 0.1) is 35.8 Å². The van der Waals surface area contributed by atoms with Crippen LogP contribution in [0.5, 0.6) is 0 Å². The smallest absolute Gasteiger partial charge is 0.410 e. The van der Waals surface area contributed by atoms with Gasteiger partial charge in [0, 0.05) is 42.9 Å². The second-order valence-electron chi connectivity index (χ2n) is 10.7. The zero-order chi connectivity index (χ0) is 26.3. The van der Waals surface area contributed by atoms with E-state index in [1.165, 1.54) is 0 Å². The SMILES string of the molecule is CC(C)(C)OC(=O)N1CCC(n2cc(-c3cnc4ncc(Cc5ccc6ncccc6c5)n4n3)cn2)CC1. The van der Waals surface area contributed by atoms with E-state index in [1.54, 1.807) is 21.8 Å². The van der Waals surface area contributed by atoms with Gasteiger partial charge in [-0.25, -0.2) is 19.3 Å². The number of rotatable bonds is 4. The van der Waals surface area contributed by atoms with Crippen molar-refractivity contribution in [2.24, 2.45) is 0 Å². The van der Waals surface area contributed by atoms with E-state index in [2.05, 4.69) is 38.2 Å². The maximum absolute atomic E-state index is 12.4. The highest BCUT2D eigenvalue weighted by Crippen LogP contribution is 2.26. The Morgan fingerprint density at radius 3 is 2.68 bits per heavy atom. The van der Waals surface area contributed by atoms with Crippen LogP contribution < -0.4 is 0 Å². The molecule has 0 radical (unpaired) electrons. The average molecular weight is 511 g/mol. The lowest BCUT2D eigenvalue weighted by Crippen LogP contribution is -2.42. The van der Waals surface area contributed by atoms with Crippen LogP contribution in [0, 0.1) is 0 Å². The summed E-state index contributed by atoms with van der Waals surface area (Å²) in [5, 5.41) is 10.6. The van der Waals surface area contributed by atoms with E-state index in [0.717, 1.165) is 46.3 Å². The molecule has 1 aliphatic heterocycles. The minimum Gasteiger partial charge on any atom is -0.444 e. The first kappa shape index (κ1) is 24.0. The molecule has 0 unspecified atom stereocenters. The Hall–Kier alpha value is -4.34. The van der Waals surface area contributed by atoms with Crippen LogP contribution in [0.1, 0.15) is 50.9 Å². The molecule has 0 N–H and O–H groups in total. The van der Waals surface area contributed by atoms with Crippen molar-refractivity contribution in [2.75, 3.05) is 13.1 Å². The van der Waals surface area contributed by atoms with Crippen molar-refractivity contribution in [1.82, 2.24) is 39.2 Å². The third kappa shape index (κ3) is 4.93. The number of benzene rings is 1. The molecule has 10 heteroatoms. The number of imidazole rings is 1. The molecule has 1 saturated heterocycles. The standard InChI is InChI=1S/C28H30N8O2/c1-28(2,3)38-27(37)34-11-8-22(9-12-34)35-18-21(15-32-35)25-17-31-26-30-16-23(36(26)33-25)14-19-6-7-24-20(13-19)5-4-10-29-24/h4-7,10,13,15-18,22H,8-9,11-12,14H2,1-3H3. The van der Waals surface area contributed by atoms with Crippen LogP contribution in [-0.4, -0.2) is 64.0 Å². The largest absolute Gasteiger partial charge is 0.444 e. The van der Waals surface area contributed by atoms with Crippen LogP contribution in [0.4, 0.5) is 4.79 Å². The van der Waals surface area contributed by atoms with Gasteiger partial charge in [-0.3, -0.25) is 9.67 Å². The Bertz CT molecular complexity index is 1610. The Labute approximate surface area is 220 Å². The summed E-state index contributed by atoms with van der Waals surface area (Å²) in [6.07, 6.45) is 11.3. The van der Waals surface area contributed by atoms with Crippen molar-refractivity contribution >= 4 is 22.8 Å². The Morgan fingerprint density at radius 2 is 1.87 bits per heavy atom. The minimum atomic E-state index is -0.491. The van der Waals surface area contributed by atoms with Gasteiger partial charge in [-0.1, -0.05) is 12.1 Å². The molecule has 38 heavy (non-hydrogen) atoms. The van der Waals surface area contributed by atoms with Gasteiger partial charge in [-0.05, 0) is 57.4 Å². The summed E-state index contributed by atoms with van der Waals surface area (Å²) < 4.78 is 9.30. The summed E-state index contributed by atoms with van der Waals surface area (Å²) in [4.78, 5) is 27.5. The van der Waals surface area contributed by atoms with Crippen LogP contribution in [0.25, 0.3) is 27.9 Å². The number of amides is 1. The second kappa shape index (κ2) is 9.51. The summed E-state index contributed by atoms with van der Waals surface area (Å²) >= 11 is 0. The first-order valence-electron chi connectivity index (χ1n) is 12.9. The van der Waals surface area contributed by atoms with Gasteiger partial charge < -0.3 is 9.64 Å². The quantitative estimate of drug-likeness (QED) is 0.345. The number of carbonyl (C=O) groups excluding carboxylic acids is 1. The third-order valence-electron chi connectivity index (χ3n) is 6.74. The number of likely N-dealkylation sites (tertiary alicyclic amines) is 1. The lowest BCUT2D eigenvalue weighted by atomic mass is 10.1. The van der Waals surface area contributed by atoms with Gasteiger partial charge in [-0.15, -0.1) is 0 Å². The van der Waals surface area contributed by atoms with Crippen LogP contribution in [0.3, 0.4) is 0 Å². The molecular weight excluding hydrogens is 480 g/mol. The van der Waals surface area contributed by atoms with Crippen LogP contribution in [0.15, 0.2) is 61.3 Å². The van der Waals surface area contributed by atoms with Gasteiger partial charge in [0.1, 0.15) is 11.3 Å². The fraction of sp³-hybridized carbons (Fsp3) is 0.357. The summed E-state index contributed by atoms with van der Waals surface area (Å²) in [5.74, 6) is 0.563. The number of hydrogen-bond acceptors (Lipinski definition) is 7. The number of piperidine rings is 1. The molecule has 0 spiro atoms. The van der Waals surface area contributed by atoms with Crippen molar-refractivity contribution in [3.05, 3.63) is 72.6 Å². The molecule has 5 aromatic rings. The van der Waals surface area contributed by atoms with E-state index >= 15 is 0 Å². The number of nitrogens with zero attached hydrogens (tertiary/aromatic N) is 8. The van der Waals surface area contributed by atoms with Gasteiger partial charge in [0.15, 0.2) is 0 Å². The molecule has 1 fully saturated rings. The first-order chi connectivity index (χ1) is 18.3. The molecule has 1 aliphatic rings. The third-order valence-corrected chi connectivity index (χ3v) is 6.74. The molecule has 194 valence electrons. The van der Waals surface area contributed by atoms with Crippen molar-refractivity contribution < 1.29 is 9.53 Å². The van der Waals surface area contributed by atoms with Gasteiger partial charge >= 0.3 is 6.09 Å². The molecule has 10 nitrogen and oxygen atoms in total.